The Hall–Kier alpha value is -3.09. The van der Waals surface area contributed by atoms with Gasteiger partial charge in [0.1, 0.15) is 5.69 Å². The summed E-state index contributed by atoms with van der Waals surface area (Å²) in [7, 11) is 0. The molecule has 0 amide bonds. The molecule has 0 aliphatic carbocycles. The molecule has 134 valence electrons. The van der Waals surface area contributed by atoms with Gasteiger partial charge in [-0.15, -0.1) is 0 Å². The summed E-state index contributed by atoms with van der Waals surface area (Å²) >= 11 is 0. The molecule has 0 saturated heterocycles. The molecule has 0 bridgehead atoms. The van der Waals surface area contributed by atoms with Crippen molar-refractivity contribution >= 4 is 6.21 Å². The van der Waals surface area contributed by atoms with E-state index >= 15 is 0 Å². The molecule has 7 heteroatoms. The van der Waals surface area contributed by atoms with Gasteiger partial charge >= 0.3 is 6.18 Å². The highest BCUT2D eigenvalue weighted by atomic mass is 19.4. The predicted molar refractivity (Wildman–Crippen MR) is 93.3 cm³/mol. The number of alkyl halides is 3. The monoisotopic (exact) mass is 358 g/mol. The number of rotatable bonds is 6. The van der Waals surface area contributed by atoms with Crippen LogP contribution in [0.5, 0.6) is 0 Å². The molecule has 1 aromatic heterocycles. The maximum absolute atomic E-state index is 12.7. The summed E-state index contributed by atoms with van der Waals surface area (Å²) in [4.78, 5) is 6.93. The second-order valence-electron chi connectivity index (χ2n) is 5.74. The first-order valence-electron chi connectivity index (χ1n) is 7.98. The van der Waals surface area contributed by atoms with Gasteiger partial charge in [-0.2, -0.15) is 18.3 Å². The summed E-state index contributed by atoms with van der Waals surface area (Å²) in [6.45, 7) is 0.913. The highest BCUT2D eigenvalue weighted by Crippen LogP contribution is 2.29. The van der Waals surface area contributed by atoms with Crippen molar-refractivity contribution in [3.05, 3.63) is 89.5 Å². The highest BCUT2D eigenvalue weighted by molar-refractivity contribution is 5.76. The fraction of sp³-hybridized carbons (Fsp3) is 0.158. The summed E-state index contributed by atoms with van der Waals surface area (Å²) in [6, 6.07) is 14.9. The first-order chi connectivity index (χ1) is 12.5. The molecule has 0 aliphatic heterocycles. The van der Waals surface area contributed by atoms with Crippen molar-refractivity contribution in [2.24, 2.45) is 5.10 Å². The number of nitrogens with zero attached hydrogens (tertiary/aromatic N) is 3. The molecule has 0 radical (unpaired) electrons. The van der Waals surface area contributed by atoms with Crippen molar-refractivity contribution < 1.29 is 13.2 Å². The van der Waals surface area contributed by atoms with E-state index in [-0.39, 0.29) is 0 Å². The summed E-state index contributed by atoms with van der Waals surface area (Å²) in [6.07, 6.45) is 0.547. The Morgan fingerprint density at radius 2 is 1.62 bits per heavy atom. The molecule has 26 heavy (non-hydrogen) atoms. The minimum atomic E-state index is -4.33. The van der Waals surface area contributed by atoms with E-state index in [1.807, 2.05) is 30.3 Å². The molecular weight excluding hydrogens is 341 g/mol. The van der Waals surface area contributed by atoms with Crippen LogP contribution in [0.25, 0.3) is 0 Å². The van der Waals surface area contributed by atoms with E-state index in [0.717, 1.165) is 23.3 Å². The van der Waals surface area contributed by atoms with Crippen LogP contribution in [0.3, 0.4) is 0 Å². The molecule has 0 saturated carbocycles. The number of hydrogen-bond acceptors (Lipinski definition) is 3. The van der Waals surface area contributed by atoms with Crippen LogP contribution in [-0.4, -0.2) is 21.2 Å². The van der Waals surface area contributed by atoms with Gasteiger partial charge in [-0.05, 0) is 23.3 Å². The smallest absolute Gasteiger partial charge is 0.351 e. The zero-order valence-corrected chi connectivity index (χ0v) is 13.8. The van der Waals surface area contributed by atoms with E-state index in [4.69, 9.17) is 0 Å². The molecule has 0 unspecified atom stereocenters. The molecule has 1 N–H and O–H groups in total. The maximum atomic E-state index is 12.7. The van der Waals surface area contributed by atoms with Crippen LogP contribution in [-0.2, 0) is 19.3 Å². The Bertz CT molecular complexity index is 825. The zero-order chi connectivity index (χ0) is 18.4. The van der Waals surface area contributed by atoms with Gasteiger partial charge in [0, 0.05) is 6.20 Å². The Labute approximate surface area is 149 Å². The fourth-order valence-corrected chi connectivity index (χ4v) is 2.42. The van der Waals surface area contributed by atoms with Crippen LogP contribution in [0.4, 0.5) is 13.2 Å². The third-order valence-corrected chi connectivity index (χ3v) is 3.73. The van der Waals surface area contributed by atoms with Crippen LogP contribution in [0.1, 0.15) is 22.4 Å². The zero-order valence-electron chi connectivity index (χ0n) is 13.8. The van der Waals surface area contributed by atoms with Gasteiger partial charge in [0.25, 0.3) is 0 Å². The first kappa shape index (κ1) is 17.7. The second kappa shape index (κ2) is 7.86. The largest absolute Gasteiger partial charge is 0.416 e. The lowest BCUT2D eigenvalue weighted by Gasteiger charge is -2.19. The molecule has 1 heterocycles. The Morgan fingerprint density at radius 1 is 0.962 bits per heavy atom. The molecular formula is C19H17F3N4. The maximum Gasteiger partial charge on any atom is 0.416 e. The minimum absolute atomic E-state index is 0.383. The van der Waals surface area contributed by atoms with E-state index in [1.54, 1.807) is 23.7 Å². The number of hydrazone groups is 1. The van der Waals surface area contributed by atoms with E-state index in [1.165, 1.54) is 12.1 Å². The standard InChI is InChI=1S/C19H17F3N4/c20-19(21,22)17-8-6-16(7-9-17)13-26(12-15-4-2-1-3-5-15)25-11-18-10-23-14-24-18/h1-11,14H,12-13H2,(H,23,24). The lowest BCUT2D eigenvalue weighted by atomic mass is 10.1. The van der Waals surface area contributed by atoms with E-state index < -0.39 is 11.7 Å². The topological polar surface area (TPSA) is 44.3 Å². The number of halogens is 3. The third kappa shape index (κ3) is 4.95. The molecule has 2 aromatic carbocycles. The molecule has 3 aromatic rings. The normalized spacial score (nSPS) is 11.8. The van der Waals surface area contributed by atoms with Crippen molar-refractivity contribution in [3.8, 4) is 0 Å². The molecule has 4 nitrogen and oxygen atoms in total. The Kier molecular flexibility index (Phi) is 5.36. The van der Waals surface area contributed by atoms with Crippen molar-refractivity contribution in [2.75, 3.05) is 0 Å². The second-order valence-corrected chi connectivity index (χ2v) is 5.74. The van der Waals surface area contributed by atoms with Crippen molar-refractivity contribution in [1.82, 2.24) is 15.0 Å². The van der Waals surface area contributed by atoms with Gasteiger partial charge in [0.15, 0.2) is 0 Å². The number of imidazole rings is 1. The summed E-state index contributed by atoms with van der Waals surface area (Å²) < 4.78 is 38.1. The van der Waals surface area contributed by atoms with Gasteiger partial charge in [-0.3, -0.25) is 5.01 Å². The van der Waals surface area contributed by atoms with Crippen LogP contribution < -0.4 is 0 Å². The quantitative estimate of drug-likeness (QED) is 0.522. The minimum Gasteiger partial charge on any atom is -0.351 e. The SMILES string of the molecule is FC(F)(F)c1ccc(CN(Cc2ccccc2)N=Cc2c[nH]cn2)cc1. The van der Waals surface area contributed by atoms with Crippen molar-refractivity contribution in [1.29, 1.82) is 0 Å². The van der Waals surface area contributed by atoms with E-state index in [2.05, 4.69) is 15.1 Å². The number of H-pyrrole nitrogens is 1. The van der Waals surface area contributed by atoms with Crippen LogP contribution >= 0.6 is 0 Å². The molecule has 0 atom stereocenters. The predicted octanol–water partition coefficient (Wildman–Crippen LogP) is 4.46. The number of aromatic nitrogens is 2. The fourth-order valence-electron chi connectivity index (χ4n) is 2.42. The molecule has 0 aliphatic rings. The summed E-state index contributed by atoms with van der Waals surface area (Å²) in [5.74, 6) is 0. The van der Waals surface area contributed by atoms with E-state index in [9.17, 15) is 13.2 Å². The molecule has 0 spiro atoms. The number of aromatic amines is 1. The van der Waals surface area contributed by atoms with E-state index in [0.29, 0.717) is 18.8 Å². The van der Waals surface area contributed by atoms with Gasteiger partial charge < -0.3 is 4.98 Å². The van der Waals surface area contributed by atoms with Gasteiger partial charge in [0.2, 0.25) is 0 Å². The van der Waals surface area contributed by atoms with Crippen molar-refractivity contribution in [3.63, 3.8) is 0 Å². The van der Waals surface area contributed by atoms with Gasteiger partial charge in [-0.25, -0.2) is 4.98 Å². The summed E-state index contributed by atoms with van der Waals surface area (Å²) in [5.41, 5.74) is 1.82. The number of benzene rings is 2. The van der Waals surface area contributed by atoms with Gasteiger partial charge in [-0.1, -0.05) is 42.5 Å². The molecule has 0 fully saturated rings. The summed E-state index contributed by atoms with van der Waals surface area (Å²) in [5, 5.41) is 6.22. The lowest BCUT2D eigenvalue weighted by molar-refractivity contribution is -0.137. The number of nitrogens with one attached hydrogen (secondary N) is 1. The highest BCUT2D eigenvalue weighted by Gasteiger charge is 2.29. The first-order valence-corrected chi connectivity index (χ1v) is 7.98. The number of hydrogen-bond donors (Lipinski definition) is 1. The van der Waals surface area contributed by atoms with Crippen LogP contribution in [0.2, 0.25) is 0 Å². The average molecular weight is 358 g/mol. The van der Waals surface area contributed by atoms with Crippen LogP contribution in [0, 0.1) is 0 Å². The Balaban J connectivity index is 1.76. The third-order valence-electron chi connectivity index (χ3n) is 3.73. The Morgan fingerprint density at radius 3 is 2.19 bits per heavy atom. The molecule has 3 rings (SSSR count). The van der Waals surface area contributed by atoms with Crippen LogP contribution in [0.15, 0.2) is 72.2 Å². The van der Waals surface area contributed by atoms with Gasteiger partial charge in [0.05, 0.1) is 31.2 Å². The average Bonchev–Trinajstić information content (AvgIpc) is 3.14. The van der Waals surface area contributed by atoms with Crippen molar-refractivity contribution in [2.45, 2.75) is 19.3 Å². The lowest BCUT2D eigenvalue weighted by Crippen LogP contribution is -2.17.